The fourth-order valence-electron chi connectivity index (χ4n) is 13.3. The van der Waals surface area contributed by atoms with E-state index in [9.17, 15) is 121 Å². The van der Waals surface area contributed by atoms with Crippen LogP contribution in [-0.4, -0.2) is 290 Å². The Kier molecular flexibility index (Phi) is 45.3. The molecule has 0 aromatic heterocycles. The number of likely N-dealkylation sites (N-methyl/N-ethyl adjacent to an activating group) is 2. The number of rotatable bonds is 56. The van der Waals surface area contributed by atoms with E-state index < -0.39 is 284 Å². The van der Waals surface area contributed by atoms with E-state index in [1.165, 1.54) is 71.0 Å². The van der Waals surface area contributed by atoms with Crippen molar-refractivity contribution in [1.82, 2.24) is 84.2 Å². The van der Waals surface area contributed by atoms with E-state index in [4.69, 9.17) is 17.2 Å². The first-order chi connectivity index (χ1) is 61.9. The molecule has 15 atom stereocenters. The monoisotopic (exact) mass is 1870 g/mol. The summed E-state index contributed by atoms with van der Waals surface area (Å²) in [5.41, 5.74) is 17.7. The molecule has 0 spiro atoms. The first-order valence-corrected chi connectivity index (χ1v) is 42.9. The Labute approximate surface area is 767 Å². The zero-order chi connectivity index (χ0) is 99.1. The topological polar surface area (TPSA) is 696 Å². The average Bonchev–Trinajstić information content (AvgIpc) is 0.820. The number of allylic oxidation sites excluding steroid dienone is 1. The number of primary amides is 2. The number of carbonyl (C=O) groups is 20. The Hall–Kier alpha value is -13.7. The van der Waals surface area contributed by atoms with Gasteiger partial charge in [-0.05, 0) is 113 Å². The minimum Gasteiger partial charge on any atom is -0.508 e. The first kappa shape index (κ1) is 111. The van der Waals surface area contributed by atoms with Crippen LogP contribution in [0, 0.1) is 5.41 Å². The molecular formula is C87H123N19O25S. The number of hydrogen-bond donors (Lipinski definition) is 23. The van der Waals surface area contributed by atoms with Gasteiger partial charge in [-0.2, -0.15) is 12.6 Å². The van der Waals surface area contributed by atoms with E-state index in [1.54, 1.807) is 91.5 Å². The fraction of sp³-hybridized carbons (Fsp3) is 0.494. The van der Waals surface area contributed by atoms with Crippen LogP contribution >= 0.6 is 12.6 Å². The number of nitrogens with two attached hydrogens (primary N) is 3. The quantitative estimate of drug-likeness (QED) is 0.0148. The molecule has 16 amide bonds. The molecule has 0 heterocycles. The lowest BCUT2D eigenvalue weighted by atomic mass is 9.85. The van der Waals surface area contributed by atoms with Gasteiger partial charge in [0.15, 0.2) is 0 Å². The van der Waals surface area contributed by atoms with Crippen LogP contribution in [0.1, 0.15) is 130 Å². The largest absolute Gasteiger partial charge is 0.508 e. The molecule has 0 saturated carbocycles. The van der Waals surface area contributed by atoms with E-state index in [1.807, 2.05) is 19.9 Å². The minimum absolute atomic E-state index is 0.0362. The van der Waals surface area contributed by atoms with E-state index in [2.05, 4.69) is 87.1 Å². The van der Waals surface area contributed by atoms with Crippen molar-refractivity contribution >= 4 is 142 Å². The lowest BCUT2D eigenvalue weighted by molar-refractivity contribution is -0.142. The SMILES string of the molecule is CC/C=C(\C)CN(C)C[C@H](NC(=O)[C@H](C)N)C(=O)N[C@H](C)C(=O)N[C@@H](CC(N)=O)C(=O)N[C@@H](CCC(=O)O)C(=O)N[C@@H](Cc1cccc2ccccc12)C(=O)N[C@H](C)C(=O)N[C@H](CS)C(=O)N[C@@H](CCC(=O)O)C(=O)N[C@@H](CC(=O)O)C(=O)N[C@@H](Cc1ccccc1)C(=O)N[C@@H](Cc1ccc(O)cc1)C(=O)N[C@@H](CC(=O)O)C(=O)N[C@H](C(=O)N[C@@H](CN(C)CC)C(N)=O)C(C)(C)C. The predicted octanol–water partition coefficient (Wildman–Crippen LogP) is -4.00. The van der Waals surface area contributed by atoms with Crippen molar-refractivity contribution in [2.24, 2.45) is 22.6 Å². The van der Waals surface area contributed by atoms with Crippen molar-refractivity contribution in [2.45, 2.75) is 224 Å². The van der Waals surface area contributed by atoms with E-state index in [0.717, 1.165) is 18.9 Å². The second-order valence-electron chi connectivity index (χ2n) is 33.0. The molecule has 0 fully saturated rings. The molecule has 0 radical (unpaired) electrons. The van der Waals surface area contributed by atoms with Gasteiger partial charge in [-0.3, -0.25) is 101 Å². The molecule has 44 nitrogen and oxygen atoms in total. The van der Waals surface area contributed by atoms with Gasteiger partial charge in [0, 0.05) is 57.5 Å². The molecule has 0 unspecified atom stereocenters. The van der Waals surface area contributed by atoms with Crippen LogP contribution < -0.4 is 91.6 Å². The van der Waals surface area contributed by atoms with Crippen LogP contribution in [0.3, 0.4) is 0 Å². The van der Waals surface area contributed by atoms with E-state index >= 15 is 0 Å². The minimum atomic E-state index is -2.20. The number of fused-ring (bicyclic) bond motifs is 1. The summed E-state index contributed by atoms with van der Waals surface area (Å²) < 4.78 is 0. The molecule has 4 aromatic rings. The molecule has 0 saturated heterocycles. The van der Waals surface area contributed by atoms with Gasteiger partial charge in [0.1, 0.15) is 90.3 Å². The zero-order valence-electron chi connectivity index (χ0n) is 75.3. The molecular weight excluding hydrogens is 1740 g/mol. The summed E-state index contributed by atoms with van der Waals surface area (Å²) in [7, 11) is 3.34. The summed E-state index contributed by atoms with van der Waals surface area (Å²) in [4.78, 5) is 277. The van der Waals surface area contributed by atoms with Crippen LogP contribution in [0.2, 0.25) is 0 Å². The Morgan fingerprint density at radius 3 is 1.24 bits per heavy atom. The van der Waals surface area contributed by atoms with Crippen molar-refractivity contribution in [3.05, 3.63) is 125 Å². The number of benzene rings is 4. The molecule has 25 N–H and O–H groups in total. The number of phenolic OH excluding ortho intramolecular Hbond substituents is 1. The van der Waals surface area contributed by atoms with Gasteiger partial charge in [-0.1, -0.05) is 131 Å². The van der Waals surface area contributed by atoms with Crippen molar-refractivity contribution in [3.63, 3.8) is 0 Å². The summed E-state index contributed by atoms with van der Waals surface area (Å²) in [6.07, 6.45) is -5.17. The molecule has 0 bridgehead atoms. The van der Waals surface area contributed by atoms with Gasteiger partial charge in [-0.15, -0.1) is 0 Å². The van der Waals surface area contributed by atoms with Gasteiger partial charge in [0.05, 0.1) is 25.3 Å². The van der Waals surface area contributed by atoms with Crippen LogP contribution in [-0.2, 0) is 115 Å². The third kappa shape index (κ3) is 38.5. The van der Waals surface area contributed by atoms with Crippen molar-refractivity contribution in [3.8, 4) is 5.75 Å². The van der Waals surface area contributed by atoms with Gasteiger partial charge < -0.3 is 122 Å². The lowest BCUT2D eigenvalue weighted by Gasteiger charge is -2.33. The highest BCUT2D eigenvalue weighted by Gasteiger charge is 2.41. The van der Waals surface area contributed by atoms with Crippen molar-refractivity contribution in [2.75, 3.05) is 46.0 Å². The second kappa shape index (κ2) is 54.1. The smallest absolute Gasteiger partial charge is 0.305 e. The van der Waals surface area contributed by atoms with Crippen molar-refractivity contribution in [1.29, 1.82) is 0 Å². The number of hydrogen-bond acceptors (Lipinski definition) is 25. The molecule has 0 aliphatic carbocycles. The van der Waals surface area contributed by atoms with Gasteiger partial charge in [-0.25, -0.2) is 0 Å². The molecule has 45 heteroatoms. The van der Waals surface area contributed by atoms with Crippen LogP contribution in [0.25, 0.3) is 10.8 Å². The number of phenols is 1. The lowest BCUT2D eigenvalue weighted by Crippen LogP contribution is -2.63. The standard InChI is InChI=1S/C87H123N19O25S/c1-12-20-45(3)41-106(11)43-64(102-73(118)46(4)88)84(129)92-47(5)74(119)95-60(38-66(89)108)81(126)93-55(31-33-67(109)110)76(121)98-59(37-52-25-19-24-51-23-17-18-26-54(51)52)78(123)91-48(6)75(120)103-65(44-132)85(130)94-56(32-34-68(111)112)77(122)99-61(39-69(113)114)82(127)97-57(35-49-21-15-14-16-22-49)79(124)96-58(36-50-27-29-53(107)30-28-50)80(125)100-62(40-70(115)116)83(128)104-71(87(7,8)9)86(131)101-63(72(90)117)42-105(10)13-2/h14-30,46-48,55-65,71,107,132H,12-13,31-44,88H2,1-11H3,(H2,89,108)(H2,90,117)(H,91,123)(H,92,129)(H,93,126)(H,94,130)(H,95,119)(H,96,124)(H,97,127)(H,98,121)(H,99,122)(H,100,125)(H,101,131)(H,102,118)(H,103,120)(H,104,128)(H,109,110)(H,111,112)(H,113,114)(H,115,116)/b45-20+/t46-,47+,48+,55-,56-,57-,58-,59-,60-,61-,62-,63-,64-,65+,71+/m0/s1. The number of carboxylic acids is 4. The maximum absolute atomic E-state index is 14.9. The highest BCUT2D eigenvalue weighted by molar-refractivity contribution is 7.80. The number of aliphatic carboxylic acids is 4. The molecule has 132 heavy (non-hydrogen) atoms. The highest BCUT2D eigenvalue weighted by Crippen LogP contribution is 2.23. The third-order valence-electron chi connectivity index (χ3n) is 20.5. The van der Waals surface area contributed by atoms with Crippen LogP contribution in [0.4, 0.5) is 0 Å². The Morgan fingerprint density at radius 1 is 0.409 bits per heavy atom. The van der Waals surface area contributed by atoms with Crippen molar-refractivity contribution < 1.29 is 121 Å². The summed E-state index contributed by atoms with van der Waals surface area (Å²) in [6.45, 7) is 14.7. The third-order valence-corrected chi connectivity index (χ3v) is 20.9. The highest BCUT2D eigenvalue weighted by atomic mass is 32.1. The number of nitrogens with zero attached hydrogens (tertiary/aromatic N) is 2. The molecule has 0 aliphatic rings. The number of thiol groups is 1. The number of aromatic hydroxyl groups is 1. The normalized spacial score (nSPS) is 14.8. The number of carboxylic acid groups (broad SMARTS) is 4. The van der Waals surface area contributed by atoms with Gasteiger partial charge >= 0.3 is 23.9 Å². The number of nitrogens with one attached hydrogen (secondary N) is 14. The summed E-state index contributed by atoms with van der Waals surface area (Å²) in [5, 5.41) is 84.8. The fourth-order valence-corrected chi connectivity index (χ4v) is 13.5. The average molecular weight is 1870 g/mol. The maximum atomic E-state index is 14.9. The van der Waals surface area contributed by atoms with Gasteiger partial charge in [0.25, 0.3) is 0 Å². The summed E-state index contributed by atoms with van der Waals surface area (Å²) >= 11 is 4.22. The van der Waals surface area contributed by atoms with E-state index in [-0.39, 0.29) is 24.4 Å². The number of carbonyl (C=O) groups excluding carboxylic acids is 16. The maximum Gasteiger partial charge on any atom is 0.305 e. The Balaban J connectivity index is 1.64. The predicted molar refractivity (Wildman–Crippen MR) is 481 cm³/mol. The molecule has 722 valence electrons. The van der Waals surface area contributed by atoms with Gasteiger partial charge in [0.2, 0.25) is 94.5 Å². The Bertz CT molecular complexity index is 4800. The molecule has 4 aromatic carbocycles. The first-order valence-electron chi connectivity index (χ1n) is 42.3. The zero-order valence-corrected chi connectivity index (χ0v) is 76.2. The number of amides is 16. The molecule has 0 aliphatic heterocycles. The van der Waals surface area contributed by atoms with Crippen LogP contribution in [0.5, 0.6) is 5.75 Å². The van der Waals surface area contributed by atoms with Crippen LogP contribution in [0.15, 0.2) is 109 Å². The second-order valence-corrected chi connectivity index (χ2v) is 33.3. The summed E-state index contributed by atoms with van der Waals surface area (Å²) in [6, 6.07) is -0.883. The molecule has 4 rings (SSSR count). The summed E-state index contributed by atoms with van der Waals surface area (Å²) in [5.74, 6) is -25.4. The Morgan fingerprint density at radius 2 is 0.788 bits per heavy atom. The van der Waals surface area contributed by atoms with E-state index in [0.29, 0.717) is 35.0 Å².